The van der Waals surface area contributed by atoms with Gasteiger partial charge in [-0.15, -0.1) is 11.3 Å². The van der Waals surface area contributed by atoms with Crippen LogP contribution < -0.4 is 51.4 Å². The van der Waals surface area contributed by atoms with E-state index in [1.807, 2.05) is 0 Å². The van der Waals surface area contributed by atoms with Crippen molar-refractivity contribution >= 4 is 29.1 Å². The van der Waals surface area contributed by atoms with E-state index in [4.69, 9.17) is 4.74 Å². The Morgan fingerprint density at radius 3 is 2.75 bits per heavy atom. The summed E-state index contributed by atoms with van der Waals surface area (Å²) < 4.78 is 9.46. The fourth-order valence-corrected chi connectivity index (χ4v) is 3.81. The number of carbonyl (C=O) groups is 3. The van der Waals surface area contributed by atoms with Crippen molar-refractivity contribution in [3.8, 4) is 0 Å². The van der Waals surface area contributed by atoms with Gasteiger partial charge in [0.15, 0.2) is 0 Å². The van der Waals surface area contributed by atoms with Crippen LogP contribution in [0.4, 0.5) is 0 Å². The van der Waals surface area contributed by atoms with Crippen LogP contribution in [0.3, 0.4) is 0 Å². The van der Waals surface area contributed by atoms with Crippen LogP contribution in [0.25, 0.3) is 0 Å². The van der Waals surface area contributed by atoms with Gasteiger partial charge in [-0.3, -0.25) is 14.4 Å². The zero-order chi connectivity index (χ0) is 16.8. The van der Waals surface area contributed by atoms with Crippen LogP contribution in [0.1, 0.15) is 67.4 Å². The Hall–Kier alpha value is -0.124. The van der Waals surface area contributed by atoms with E-state index < -0.39 is 5.97 Å². The normalized spacial score (nSPS) is 15.8. The number of aryl methyl sites for hydroxylation is 2. The zero-order valence-electron chi connectivity index (χ0n) is 32.4. The van der Waals surface area contributed by atoms with Crippen LogP contribution in [0.2, 0.25) is 0 Å². The van der Waals surface area contributed by atoms with E-state index in [9.17, 15) is 14.4 Å². The molecule has 24 heavy (non-hydrogen) atoms. The minimum absolute atomic E-state index is 0. The van der Waals surface area contributed by atoms with Crippen molar-refractivity contribution in [2.24, 2.45) is 5.92 Å². The van der Waals surface area contributed by atoms with Crippen LogP contribution in [0, 0.1) is 5.92 Å². The number of thiazole rings is 1. The van der Waals surface area contributed by atoms with Crippen LogP contribution in [0.5, 0.6) is 0 Å². The molecule has 1 atom stereocenters. The minimum Gasteiger partial charge on any atom is -1.00 e. The Morgan fingerprint density at radius 2 is 2.08 bits per heavy atom. The summed E-state index contributed by atoms with van der Waals surface area (Å²) in [6.45, 7) is 2.02. The number of rotatable bonds is 7. The van der Waals surface area contributed by atoms with E-state index in [0.29, 0.717) is 32.3 Å². The average molecular weight is 433 g/mol. The Kier molecular flexibility index (Phi) is 9.84. The minimum atomic E-state index is -0.452. The van der Waals surface area contributed by atoms with Crippen molar-refractivity contribution in [3.63, 3.8) is 0 Å². The summed E-state index contributed by atoms with van der Waals surface area (Å²) in [5.41, 5.74) is 1.02. The van der Waals surface area contributed by atoms with Gasteiger partial charge in [-0.1, -0.05) is 0 Å². The predicted molar refractivity (Wildman–Crippen MR) is 104 cm³/mol. The van der Waals surface area contributed by atoms with Crippen LogP contribution >= 0.6 is 11.3 Å². The van der Waals surface area contributed by atoms with Crippen molar-refractivity contribution in [3.05, 3.63) is 15.6 Å². The molecule has 162 valence electrons. The molecule has 0 fully saturated rings. The molecule has 1 aromatic heterocycles. The first-order valence-corrected chi connectivity index (χ1v) is 8.57. The van der Waals surface area contributed by atoms with Gasteiger partial charge in [0.25, 0.3) is 0 Å². The molecule has 0 saturated heterocycles. The monoisotopic (exact) mass is 432 g/mol. The first-order chi connectivity index (χ1) is 11.0. The number of nitrogens with zero attached hydrogens (tertiary/aromatic N) is 1. The Balaban J connectivity index is -0.0000000189. The molecule has 1 aliphatic rings. The number of esters is 2. The molecule has 1 heterocycles. The summed E-state index contributed by atoms with van der Waals surface area (Å²) in [5.74, 6) is -0.897. The second-order valence-electron chi connectivity index (χ2n) is 5.44. The largest absolute Gasteiger partial charge is 1.00 e. The molecule has 8 heteroatoms. The molecule has 0 saturated carbocycles. The fourth-order valence-electron chi connectivity index (χ4n) is 2.62. The van der Waals surface area contributed by atoms with Crippen molar-refractivity contribution in [2.75, 3.05) is 13.7 Å². The number of carbonyl (C=O) groups excluding carboxylic acids is 3. The molecule has 0 radical (unpaired) electrons. The van der Waals surface area contributed by atoms with Crippen molar-refractivity contribution < 1.29 is 101 Å². The molecule has 1 unspecified atom stereocenters. The molecular formula is C16H39KNO5S-17. The molecule has 1 aliphatic carbocycles. The van der Waals surface area contributed by atoms with Crippen LogP contribution in [-0.2, 0) is 43.1 Å². The van der Waals surface area contributed by atoms with E-state index in [2.05, 4.69) is 9.72 Å². The van der Waals surface area contributed by atoms with E-state index in [1.165, 1.54) is 7.11 Å². The average Bonchev–Trinajstić information content (AvgIpc) is 2.94. The molecule has 6 nitrogen and oxygen atoms in total. The van der Waals surface area contributed by atoms with E-state index in [-0.39, 0.29) is 101 Å². The Morgan fingerprint density at radius 1 is 1.33 bits per heavy atom. The zero-order valence-corrected chi connectivity index (χ0v) is 18.4. The van der Waals surface area contributed by atoms with E-state index >= 15 is 0 Å². The molecule has 2 rings (SSSR count). The molecular weight excluding hydrogens is 357 g/mol. The van der Waals surface area contributed by atoms with Gasteiger partial charge >= 0.3 is 63.3 Å². The third kappa shape index (κ3) is 6.31. The number of methoxy groups -OCH3 is 1. The number of aromatic nitrogens is 1. The molecule has 0 bridgehead atoms. The topological polar surface area (TPSA) is 82.6 Å². The quantitative estimate of drug-likeness (QED) is 0.362. The van der Waals surface area contributed by atoms with Crippen molar-refractivity contribution in [2.45, 2.75) is 45.4 Å². The maximum atomic E-state index is 12.2. The predicted octanol–water partition coefficient (Wildman–Crippen LogP) is 0.905. The Labute approximate surface area is 214 Å². The van der Waals surface area contributed by atoms with Gasteiger partial charge in [0, 0.05) is 17.2 Å². The third-order valence-corrected chi connectivity index (χ3v) is 5.01. The first-order valence-electron chi connectivity index (χ1n) is 7.76. The van der Waals surface area contributed by atoms with Gasteiger partial charge in [0.2, 0.25) is 0 Å². The van der Waals surface area contributed by atoms with Crippen LogP contribution in [0.15, 0.2) is 0 Å². The van der Waals surface area contributed by atoms with Gasteiger partial charge in [0.1, 0.15) is 12.2 Å². The summed E-state index contributed by atoms with van der Waals surface area (Å²) in [7, 11) is 1.37. The second-order valence-corrected chi connectivity index (χ2v) is 6.61. The number of hydrogen-bond acceptors (Lipinski definition) is 7. The SMILES string of the molecule is CCOC(=O)CC(=O)C1CCc2nc(CCC(=O)OC)sc2C1.[3H-].[3H-].[3H-].[3H-].[3H-].[3H-].[3H-].[3H-].[3H-].[3H-].[3H-].[3H-].[3H-].[3H-].[3H-].[3H-].[3H-].[3H-].[K+]. The van der Waals surface area contributed by atoms with Gasteiger partial charge in [0.05, 0.1) is 30.8 Å². The molecule has 0 aromatic carbocycles. The summed E-state index contributed by atoms with van der Waals surface area (Å²) >= 11 is 1.55. The fraction of sp³-hybridized carbons (Fsp3) is 0.625. The number of fused-ring (bicyclic) bond motifs is 1. The van der Waals surface area contributed by atoms with E-state index in [1.54, 1.807) is 18.3 Å². The third-order valence-electron chi connectivity index (χ3n) is 3.83. The van der Waals surface area contributed by atoms with Gasteiger partial charge in [-0.05, 0) is 26.2 Å². The van der Waals surface area contributed by atoms with Crippen molar-refractivity contribution in [1.29, 1.82) is 0 Å². The maximum Gasteiger partial charge on any atom is 1.00 e. The second kappa shape index (κ2) is 10.8. The summed E-state index contributed by atoms with van der Waals surface area (Å²) in [5, 5.41) is 0.902. The number of ether oxygens (including phenoxy) is 2. The van der Waals surface area contributed by atoms with E-state index in [0.717, 1.165) is 22.0 Å². The molecule has 0 N–H and O–H groups in total. The first kappa shape index (κ1) is 21.9. The smallest absolute Gasteiger partial charge is 1.00 e. The number of Topliss-reactive ketones (excluding diaryl/α,β-unsaturated/α-hetero) is 1. The van der Waals surface area contributed by atoms with Gasteiger partial charge in [-0.2, -0.15) is 0 Å². The molecule has 0 aliphatic heterocycles. The van der Waals surface area contributed by atoms with Gasteiger partial charge < -0.3 is 35.2 Å². The van der Waals surface area contributed by atoms with Crippen molar-refractivity contribution in [1.82, 2.24) is 4.98 Å². The molecule has 0 amide bonds. The maximum absolute atomic E-state index is 12.2. The Bertz CT molecular complexity index is 643. The summed E-state index contributed by atoms with van der Waals surface area (Å²) in [6, 6.07) is 0. The molecule has 0 spiro atoms. The molecule has 1 aromatic rings. The summed E-state index contributed by atoms with van der Waals surface area (Å²) in [4.78, 5) is 40.4. The van der Waals surface area contributed by atoms with Crippen LogP contribution in [-0.4, -0.2) is 36.4 Å². The number of hydrogen-bond donors (Lipinski definition) is 0. The standard InChI is InChI=1S/C16H21NO5S.K.18H/c1-3-22-16(20)9-12(18)10-4-5-11-13(8-10)23-14(17-11)6-7-15(19)21-2;;;;;;;;;;;;;;;;;;;/h10H,3-9H2,1-2H3;;;;;;;;;;;;;;;;;;;/q;+1;18*-1/i;;18*1+2. The summed E-state index contributed by atoms with van der Waals surface area (Å²) in [6.07, 6.45) is 2.81. The van der Waals surface area contributed by atoms with Gasteiger partial charge in [-0.25, -0.2) is 4.98 Å². The number of ketones is 1.